The molecule has 3 N–H and O–H groups in total. The molecule has 0 bridgehead atoms. The molecule has 0 saturated carbocycles. The average molecular weight is 449 g/mol. The topological polar surface area (TPSA) is 90.5 Å². The number of hydrazine groups is 1. The highest BCUT2D eigenvalue weighted by molar-refractivity contribution is 9.10. The van der Waals surface area contributed by atoms with Gasteiger partial charge in [-0.1, -0.05) is 46.3 Å². The summed E-state index contributed by atoms with van der Waals surface area (Å²) in [5, 5.41) is 5.33. The van der Waals surface area contributed by atoms with Gasteiger partial charge in [-0.3, -0.25) is 4.79 Å². The molecule has 1 saturated heterocycles. The SMILES string of the molecule is CC1(C(F)Cc2ccccc2)NC(=O)N(NC(=O)Nc2ccc(Br)cc2)C1=O. The van der Waals surface area contributed by atoms with Gasteiger partial charge in [-0.15, -0.1) is 0 Å². The maximum atomic E-state index is 14.9. The lowest BCUT2D eigenvalue weighted by atomic mass is 9.91. The molecule has 9 heteroatoms. The molecular weight excluding hydrogens is 431 g/mol. The molecule has 146 valence electrons. The number of rotatable bonds is 5. The summed E-state index contributed by atoms with van der Waals surface area (Å²) in [5.41, 5.74) is 1.53. The summed E-state index contributed by atoms with van der Waals surface area (Å²) in [6.45, 7) is 1.30. The van der Waals surface area contributed by atoms with E-state index >= 15 is 0 Å². The van der Waals surface area contributed by atoms with E-state index in [2.05, 4.69) is 32.0 Å². The first kappa shape index (κ1) is 19.8. The van der Waals surface area contributed by atoms with Gasteiger partial charge < -0.3 is 10.6 Å². The minimum Gasteiger partial charge on any atom is -0.319 e. The molecule has 0 aliphatic carbocycles. The standard InChI is InChI=1S/C19H18BrFN4O3/c1-19(15(21)11-12-5-3-2-4-6-12)16(26)25(18(28)23-19)24-17(27)22-14-9-7-13(20)8-10-14/h2-10,15H,11H2,1H3,(H,23,28)(H2,22,24,27). The van der Waals surface area contributed by atoms with Crippen LogP contribution < -0.4 is 16.1 Å². The van der Waals surface area contributed by atoms with Crippen molar-refractivity contribution in [2.24, 2.45) is 0 Å². The normalized spacial score (nSPS) is 19.9. The highest BCUT2D eigenvalue weighted by Gasteiger charge is 2.54. The summed E-state index contributed by atoms with van der Waals surface area (Å²) in [6, 6.07) is 13.8. The van der Waals surface area contributed by atoms with Gasteiger partial charge in [0.05, 0.1) is 0 Å². The lowest BCUT2D eigenvalue weighted by molar-refractivity contribution is -0.134. The predicted molar refractivity (Wildman–Crippen MR) is 105 cm³/mol. The summed E-state index contributed by atoms with van der Waals surface area (Å²) < 4.78 is 15.7. The number of carbonyl (C=O) groups excluding carboxylic acids is 3. The highest BCUT2D eigenvalue weighted by atomic mass is 79.9. The van der Waals surface area contributed by atoms with Gasteiger partial charge in [0, 0.05) is 16.6 Å². The van der Waals surface area contributed by atoms with Gasteiger partial charge in [0.1, 0.15) is 6.17 Å². The first-order valence-electron chi connectivity index (χ1n) is 8.47. The quantitative estimate of drug-likeness (QED) is 0.612. The van der Waals surface area contributed by atoms with Gasteiger partial charge in [-0.2, -0.15) is 5.01 Å². The number of hydrogen-bond donors (Lipinski definition) is 3. The van der Waals surface area contributed by atoms with Gasteiger partial charge in [-0.05, 0) is 36.8 Å². The zero-order valence-corrected chi connectivity index (χ0v) is 16.5. The molecule has 3 rings (SSSR count). The second kappa shape index (κ2) is 7.97. The predicted octanol–water partition coefficient (Wildman–Crippen LogP) is 3.38. The van der Waals surface area contributed by atoms with Crippen LogP contribution in [-0.2, 0) is 11.2 Å². The first-order valence-corrected chi connectivity index (χ1v) is 9.27. The van der Waals surface area contributed by atoms with Crippen molar-refractivity contribution >= 4 is 39.6 Å². The largest absolute Gasteiger partial charge is 0.344 e. The molecule has 0 aromatic heterocycles. The Morgan fingerprint density at radius 1 is 1.18 bits per heavy atom. The van der Waals surface area contributed by atoms with Crippen LogP contribution in [0.15, 0.2) is 59.1 Å². The van der Waals surface area contributed by atoms with E-state index in [0.717, 1.165) is 4.47 Å². The summed E-state index contributed by atoms with van der Waals surface area (Å²) in [6.07, 6.45) is -1.73. The third kappa shape index (κ3) is 4.14. The van der Waals surface area contributed by atoms with Crippen LogP contribution in [0.3, 0.4) is 0 Å². The molecule has 1 aliphatic heterocycles. The number of alkyl halides is 1. The Labute approximate surface area is 169 Å². The van der Waals surface area contributed by atoms with E-state index in [1.54, 1.807) is 54.6 Å². The maximum Gasteiger partial charge on any atom is 0.344 e. The smallest absolute Gasteiger partial charge is 0.319 e. The zero-order valence-electron chi connectivity index (χ0n) is 14.9. The Bertz CT molecular complexity index is 894. The third-order valence-electron chi connectivity index (χ3n) is 4.42. The lowest BCUT2D eigenvalue weighted by Gasteiger charge is -2.25. The first-order chi connectivity index (χ1) is 13.3. The van der Waals surface area contributed by atoms with Crippen LogP contribution in [0, 0.1) is 0 Å². The number of nitrogens with one attached hydrogen (secondary N) is 3. The van der Waals surface area contributed by atoms with Gasteiger partial charge >= 0.3 is 12.1 Å². The molecule has 0 radical (unpaired) electrons. The minimum absolute atomic E-state index is 0.0533. The maximum absolute atomic E-state index is 14.9. The molecule has 28 heavy (non-hydrogen) atoms. The average Bonchev–Trinajstić information content (AvgIpc) is 2.88. The van der Waals surface area contributed by atoms with Crippen LogP contribution >= 0.6 is 15.9 Å². The van der Waals surface area contributed by atoms with Gasteiger partial charge in [0.25, 0.3) is 5.91 Å². The summed E-state index contributed by atoms with van der Waals surface area (Å²) in [7, 11) is 0. The number of amides is 5. The number of urea groups is 2. The van der Waals surface area contributed by atoms with Crippen molar-refractivity contribution in [3.05, 3.63) is 64.6 Å². The van der Waals surface area contributed by atoms with Crippen LogP contribution in [-0.4, -0.2) is 34.7 Å². The monoisotopic (exact) mass is 448 g/mol. The molecule has 2 atom stereocenters. The van der Waals surface area contributed by atoms with E-state index in [0.29, 0.717) is 16.3 Å². The Morgan fingerprint density at radius 2 is 1.82 bits per heavy atom. The Balaban J connectivity index is 1.66. The molecule has 1 heterocycles. The van der Waals surface area contributed by atoms with Gasteiger partial charge in [-0.25, -0.2) is 19.4 Å². The number of carbonyl (C=O) groups is 3. The Kier molecular flexibility index (Phi) is 5.64. The van der Waals surface area contributed by atoms with Crippen molar-refractivity contribution < 1.29 is 18.8 Å². The van der Waals surface area contributed by atoms with E-state index in [1.165, 1.54) is 6.92 Å². The fraction of sp³-hybridized carbons (Fsp3) is 0.211. The van der Waals surface area contributed by atoms with E-state index in [4.69, 9.17) is 0 Å². The molecule has 5 amide bonds. The van der Waals surface area contributed by atoms with Crippen molar-refractivity contribution in [2.75, 3.05) is 5.32 Å². The van der Waals surface area contributed by atoms with Crippen molar-refractivity contribution in [3.63, 3.8) is 0 Å². The zero-order chi connectivity index (χ0) is 20.3. The molecule has 0 spiro atoms. The second-order valence-corrected chi connectivity index (χ2v) is 7.42. The second-order valence-electron chi connectivity index (χ2n) is 6.50. The number of nitrogens with zero attached hydrogens (tertiary/aromatic N) is 1. The summed E-state index contributed by atoms with van der Waals surface area (Å²) in [4.78, 5) is 36.9. The highest BCUT2D eigenvalue weighted by Crippen LogP contribution is 2.25. The molecule has 2 aromatic carbocycles. The van der Waals surface area contributed by atoms with Crippen molar-refractivity contribution in [1.82, 2.24) is 15.8 Å². The molecule has 2 unspecified atom stereocenters. The van der Waals surface area contributed by atoms with Crippen LogP contribution in [0.1, 0.15) is 12.5 Å². The van der Waals surface area contributed by atoms with Crippen molar-refractivity contribution in [1.29, 1.82) is 0 Å². The molecule has 2 aromatic rings. The number of imide groups is 1. The lowest BCUT2D eigenvalue weighted by Crippen LogP contribution is -2.54. The molecular formula is C19H18BrFN4O3. The van der Waals surface area contributed by atoms with Crippen LogP contribution in [0.25, 0.3) is 0 Å². The van der Waals surface area contributed by atoms with E-state index in [-0.39, 0.29) is 6.42 Å². The Hall–Kier alpha value is -2.94. The van der Waals surface area contributed by atoms with Crippen LogP contribution in [0.5, 0.6) is 0 Å². The molecule has 7 nitrogen and oxygen atoms in total. The van der Waals surface area contributed by atoms with Gasteiger partial charge in [0.15, 0.2) is 5.54 Å². The van der Waals surface area contributed by atoms with Crippen LogP contribution in [0.4, 0.5) is 19.7 Å². The number of anilines is 1. The number of halogens is 2. The van der Waals surface area contributed by atoms with E-state index in [1.807, 2.05) is 0 Å². The minimum atomic E-state index is -1.78. The molecule has 1 aliphatic rings. The fourth-order valence-corrected chi connectivity index (χ4v) is 3.05. The summed E-state index contributed by atoms with van der Waals surface area (Å²) in [5.74, 6) is -0.869. The van der Waals surface area contributed by atoms with Crippen molar-refractivity contribution in [2.45, 2.75) is 25.1 Å². The number of hydrogen-bond acceptors (Lipinski definition) is 3. The van der Waals surface area contributed by atoms with Crippen molar-refractivity contribution in [3.8, 4) is 0 Å². The molecule has 1 fully saturated rings. The number of benzene rings is 2. The van der Waals surface area contributed by atoms with E-state index < -0.39 is 29.7 Å². The van der Waals surface area contributed by atoms with E-state index in [9.17, 15) is 18.8 Å². The summed E-state index contributed by atoms with van der Waals surface area (Å²) >= 11 is 3.28. The Morgan fingerprint density at radius 3 is 2.46 bits per heavy atom. The fourth-order valence-electron chi connectivity index (χ4n) is 2.79. The van der Waals surface area contributed by atoms with Crippen LogP contribution in [0.2, 0.25) is 0 Å². The third-order valence-corrected chi connectivity index (χ3v) is 4.95. The van der Waals surface area contributed by atoms with Gasteiger partial charge in [0.2, 0.25) is 0 Å².